The lowest BCUT2D eigenvalue weighted by Crippen LogP contribution is -2.33. The fraction of sp³-hybridized carbons (Fsp3) is 0.250. The minimum absolute atomic E-state index is 0.174. The van der Waals surface area contributed by atoms with Gasteiger partial charge in [-0.05, 0) is 36.1 Å². The number of rotatable bonds is 1. The summed E-state index contributed by atoms with van der Waals surface area (Å²) < 4.78 is 2.14. The van der Waals surface area contributed by atoms with Crippen LogP contribution in [0.2, 0.25) is 0 Å². The molecule has 3 aromatic rings. The van der Waals surface area contributed by atoms with E-state index in [-0.39, 0.29) is 11.8 Å². The van der Waals surface area contributed by atoms with Crippen LogP contribution in [0.1, 0.15) is 31.4 Å². The molecule has 1 aliphatic heterocycles. The Bertz CT molecular complexity index is 1020. The van der Waals surface area contributed by atoms with Gasteiger partial charge in [0.15, 0.2) is 5.78 Å². The van der Waals surface area contributed by atoms with Gasteiger partial charge < -0.3 is 5.32 Å². The van der Waals surface area contributed by atoms with Crippen LogP contribution in [-0.2, 0) is 4.79 Å². The number of ketones is 1. The molecule has 2 atom stereocenters. The predicted molar refractivity (Wildman–Crippen MR) is 96.2 cm³/mol. The minimum atomic E-state index is -0.174. The number of carbonyl (C=O) groups excluding carboxylic acids is 1. The Hall–Kier alpha value is -2.95. The number of nitrogens with one attached hydrogen (secondary N) is 1. The van der Waals surface area contributed by atoms with Crippen molar-refractivity contribution in [2.45, 2.75) is 25.8 Å². The molecule has 1 aromatic carbocycles. The highest BCUT2D eigenvalue weighted by Gasteiger charge is 2.38. The molecule has 2 aliphatic rings. The Morgan fingerprint density at radius 2 is 2.04 bits per heavy atom. The third kappa shape index (κ3) is 2.12. The minimum Gasteiger partial charge on any atom is -0.329 e. The number of aromatic nitrogens is 3. The number of hydrogen-bond acceptors (Lipinski definition) is 4. The molecule has 5 rings (SSSR count). The van der Waals surface area contributed by atoms with Gasteiger partial charge in [0, 0.05) is 30.1 Å². The monoisotopic (exact) mass is 330 g/mol. The topological polar surface area (TPSA) is 59.8 Å². The van der Waals surface area contributed by atoms with E-state index >= 15 is 0 Å². The Morgan fingerprint density at radius 1 is 1.16 bits per heavy atom. The summed E-state index contributed by atoms with van der Waals surface area (Å²) in [6.07, 6.45) is 5.09. The van der Waals surface area contributed by atoms with Gasteiger partial charge in [0.05, 0.1) is 17.1 Å². The van der Waals surface area contributed by atoms with Gasteiger partial charge in [0.1, 0.15) is 0 Å². The molecule has 0 saturated carbocycles. The number of nitrogens with zero attached hydrogens (tertiary/aromatic N) is 3. The Kier molecular flexibility index (Phi) is 3.04. The van der Waals surface area contributed by atoms with E-state index in [4.69, 9.17) is 4.98 Å². The summed E-state index contributed by atoms with van der Waals surface area (Å²) in [6.45, 7) is 2.13. The predicted octanol–water partition coefficient (Wildman–Crippen LogP) is 3.70. The molecular formula is C20H18N4O. The van der Waals surface area contributed by atoms with E-state index in [1.165, 1.54) is 0 Å². The zero-order chi connectivity index (χ0) is 17.0. The van der Waals surface area contributed by atoms with Crippen molar-refractivity contribution in [3.05, 3.63) is 65.6 Å². The average Bonchev–Trinajstić information content (AvgIpc) is 2.98. The van der Waals surface area contributed by atoms with Crippen LogP contribution >= 0.6 is 0 Å². The standard InChI is InChI=1S/C20H18N4O/c1-12-9-15-18(17(25)10-12)19(13-5-4-8-21-11-13)24-16-7-3-2-6-14(16)22-20(24)23-15/h2-8,11-12,19H,9-10H2,1H3,(H,22,23)/t12-,19-/m0/s1. The molecule has 5 heteroatoms. The van der Waals surface area contributed by atoms with Gasteiger partial charge in [0.2, 0.25) is 5.95 Å². The van der Waals surface area contributed by atoms with Gasteiger partial charge in [-0.15, -0.1) is 0 Å². The zero-order valence-electron chi connectivity index (χ0n) is 13.9. The summed E-state index contributed by atoms with van der Waals surface area (Å²) in [5.41, 5.74) is 4.85. The summed E-state index contributed by atoms with van der Waals surface area (Å²) >= 11 is 0. The number of anilines is 1. The lowest BCUT2D eigenvalue weighted by molar-refractivity contribution is -0.117. The van der Waals surface area contributed by atoms with Crippen LogP contribution in [0.3, 0.4) is 0 Å². The van der Waals surface area contributed by atoms with E-state index < -0.39 is 0 Å². The maximum Gasteiger partial charge on any atom is 0.209 e. The molecule has 1 aliphatic carbocycles. The van der Waals surface area contributed by atoms with Crippen LogP contribution in [0.25, 0.3) is 11.0 Å². The molecule has 1 N–H and O–H groups in total. The van der Waals surface area contributed by atoms with Crippen LogP contribution in [0, 0.1) is 5.92 Å². The van der Waals surface area contributed by atoms with E-state index in [2.05, 4.69) is 27.9 Å². The van der Waals surface area contributed by atoms with Crippen LogP contribution in [0.5, 0.6) is 0 Å². The molecular weight excluding hydrogens is 312 g/mol. The maximum atomic E-state index is 12.9. The molecule has 124 valence electrons. The molecule has 0 spiro atoms. The number of carbonyl (C=O) groups is 1. The second-order valence-corrected chi connectivity index (χ2v) is 6.94. The van der Waals surface area contributed by atoms with Crippen LogP contribution < -0.4 is 5.32 Å². The van der Waals surface area contributed by atoms with Crippen molar-refractivity contribution in [1.29, 1.82) is 0 Å². The number of fused-ring (bicyclic) bond motifs is 3. The first-order chi connectivity index (χ1) is 12.2. The van der Waals surface area contributed by atoms with E-state index in [9.17, 15) is 4.79 Å². The third-order valence-corrected chi connectivity index (χ3v) is 5.10. The average molecular weight is 330 g/mol. The molecule has 0 radical (unpaired) electrons. The molecule has 0 unspecified atom stereocenters. The van der Waals surface area contributed by atoms with Crippen molar-refractivity contribution < 1.29 is 4.79 Å². The highest BCUT2D eigenvalue weighted by atomic mass is 16.1. The second kappa shape index (κ2) is 5.28. The summed E-state index contributed by atoms with van der Waals surface area (Å²) in [7, 11) is 0. The van der Waals surface area contributed by atoms with Crippen molar-refractivity contribution in [3.63, 3.8) is 0 Å². The van der Waals surface area contributed by atoms with E-state index in [1.54, 1.807) is 6.20 Å². The van der Waals surface area contributed by atoms with Crippen molar-refractivity contribution >= 4 is 22.8 Å². The van der Waals surface area contributed by atoms with Gasteiger partial charge >= 0.3 is 0 Å². The molecule has 5 nitrogen and oxygen atoms in total. The first kappa shape index (κ1) is 14.4. The normalized spacial score (nSPS) is 22.5. The molecule has 0 bridgehead atoms. The lowest BCUT2D eigenvalue weighted by atomic mass is 9.81. The van der Waals surface area contributed by atoms with E-state index in [0.717, 1.165) is 40.2 Å². The zero-order valence-corrected chi connectivity index (χ0v) is 13.9. The van der Waals surface area contributed by atoms with Crippen molar-refractivity contribution in [2.24, 2.45) is 5.92 Å². The largest absolute Gasteiger partial charge is 0.329 e. The summed E-state index contributed by atoms with van der Waals surface area (Å²) in [6, 6.07) is 11.8. The summed E-state index contributed by atoms with van der Waals surface area (Å²) in [5, 5.41) is 3.44. The summed E-state index contributed by atoms with van der Waals surface area (Å²) in [5.74, 6) is 1.37. The van der Waals surface area contributed by atoms with Crippen molar-refractivity contribution in [1.82, 2.24) is 14.5 Å². The molecule has 25 heavy (non-hydrogen) atoms. The highest BCUT2D eigenvalue weighted by molar-refractivity contribution is 6.00. The fourth-order valence-corrected chi connectivity index (χ4v) is 4.07. The van der Waals surface area contributed by atoms with Crippen LogP contribution in [0.15, 0.2) is 60.1 Å². The van der Waals surface area contributed by atoms with Gasteiger partial charge in [-0.25, -0.2) is 4.98 Å². The molecule has 0 fully saturated rings. The maximum absolute atomic E-state index is 12.9. The lowest BCUT2D eigenvalue weighted by Gasteiger charge is -2.35. The van der Waals surface area contributed by atoms with Gasteiger partial charge in [-0.2, -0.15) is 0 Å². The quantitative estimate of drug-likeness (QED) is 0.739. The SMILES string of the molecule is C[C@@H]1CC(=O)C2=C(C1)Nc1nc3ccccc3n1[C@H]2c1cccnc1. The van der Waals surface area contributed by atoms with Crippen LogP contribution in [0.4, 0.5) is 5.95 Å². The highest BCUT2D eigenvalue weighted by Crippen LogP contribution is 2.43. The number of Topliss-reactive ketones (excluding diaryl/α,β-unsaturated/α-hetero) is 1. The first-order valence-corrected chi connectivity index (χ1v) is 8.62. The number of pyridine rings is 1. The molecule has 2 aromatic heterocycles. The molecule has 0 amide bonds. The van der Waals surface area contributed by atoms with E-state index in [0.29, 0.717) is 12.3 Å². The second-order valence-electron chi connectivity index (χ2n) is 6.94. The van der Waals surface area contributed by atoms with Crippen molar-refractivity contribution in [2.75, 3.05) is 5.32 Å². The van der Waals surface area contributed by atoms with Gasteiger partial charge in [0.25, 0.3) is 0 Å². The Morgan fingerprint density at radius 3 is 2.88 bits per heavy atom. The smallest absolute Gasteiger partial charge is 0.209 e. The first-order valence-electron chi connectivity index (χ1n) is 8.62. The van der Waals surface area contributed by atoms with Crippen LogP contribution in [-0.4, -0.2) is 20.3 Å². The number of allylic oxidation sites excluding steroid dienone is 2. The number of hydrogen-bond donors (Lipinski definition) is 1. The van der Waals surface area contributed by atoms with Gasteiger partial charge in [-0.3, -0.25) is 14.3 Å². The number of benzene rings is 1. The summed E-state index contributed by atoms with van der Waals surface area (Å²) in [4.78, 5) is 22.0. The molecule has 0 saturated heterocycles. The third-order valence-electron chi connectivity index (χ3n) is 5.10. The number of imidazole rings is 1. The Labute approximate surface area is 145 Å². The van der Waals surface area contributed by atoms with Gasteiger partial charge in [-0.1, -0.05) is 25.1 Å². The molecule has 3 heterocycles. The Balaban J connectivity index is 1.81. The fourth-order valence-electron chi connectivity index (χ4n) is 4.07. The number of para-hydroxylation sites is 2. The van der Waals surface area contributed by atoms with E-state index in [1.807, 2.05) is 36.5 Å². The van der Waals surface area contributed by atoms with Crippen molar-refractivity contribution in [3.8, 4) is 0 Å².